The molecule has 0 radical (unpaired) electrons. The average molecular weight is 339 g/mol. The Balaban J connectivity index is 2.67. The van der Waals surface area contributed by atoms with E-state index >= 15 is 0 Å². The van der Waals surface area contributed by atoms with Crippen molar-refractivity contribution in [1.29, 1.82) is 0 Å². The normalized spacial score (nSPS) is 10.8. The molecule has 1 heterocycles. The molecule has 0 aliphatic rings. The van der Waals surface area contributed by atoms with Gasteiger partial charge in [0.05, 0.1) is 23.6 Å². The van der Waals surface area contributed by atoms with Crippen LogP contribution in [0.5, 0.6) is 0 Å². The smallest absolute Gasteiger partial charge is 0.340 e. The molecule has 0 fully saturated rings. The Hall–Kier alpha value is -2.16. The van der Waals surface area contributed by atoms with Crippen LogP contribution in [-0.2, 0) is 24.0 Å². The van der Waals surface area contributed by atoms with Crippen LogP contribution >= 0.6 is 0 Å². The van der Waals surface area contributed by atoms with E-state index in [2.05, 4.69) is 45.0 Å². The third kappa shape index (κ3) is 4.09. The van der Waals surface area contributed by atoms with Crippen LogP contribution in [0.4, 0.5) is 0 Å². The molecular formula is C22H29NO2. The monoisotopic (exact) mass is 339 g/mol. The summed E-state index contributed by atoms with van der Waals surface area (Å²) in [5.41, 5.74) is 7.24. The number of hydrogen-bond donors (Lipinski definition) is 0. The standard InChI is InChI=1S/C22H29NO2/c1-6-11-18-14-19(23-15(5)20(18)22(24)25-9-4)21-16(7-2)12-10-13-17(21)8-3/h10,12-14H,6-9,11H2,1-5H3. The maximum absolute atomic E-state index is 12.4. The fourth-order valence-corrected chi connectivity index (χ4v) is 3.39. The molecule has 0 atom stereocenters. The van der Waals surface area contributed by atoms with Crippen LogP contribution in [0.1, 0.15) is 66.9 Å². The number of aryl methyl sites for hydroxylation is 4. The summed E-state index contributed by atoms with van der Waals surface area (Å²) in [7, 11) is 0. The fourth-order valence-electron chi connectivity index (χ4n) is 3.39. The third-order valence-electron chi connectivity index (χ3n) is 4.54. The zero-order valence-electron chi connectivity index (χ0n) is 16.1. The molecule has 0 amide bonds. The number of esters is 1. The molecule has 0 unspecified atom stereocenters. The highest BCUT2D eigenvalue weighted by Crippen LogP contribution is 2.30. The molecule has 0 aliphatic carbocycles. The van der Waals surface area contributed by atoms with Crippen LogP contribution < -0.4 is 0 Å². The van der Waals surface area contributed by atoms with E-state index in [0.717, 1.165) is 42.6 Å². The van der Waals surface area contributed by atoms with Gasteiger partial charge >= 0.3 is 5.97 Å². The lowest BCUT2D eigenvalue weighted by Gasteiger charge is -2.17. The zero-order valence-corrected chi connectivity index (χ0v) is 16.1. The number of ether oxygens (including phenoxy) is 1. The van der Waals surface area contributed by atoms with Crippen molar-refractivity contribution in [2.45, 2.75) is 60.3 Å². The highest BCUT2D eigenvalue weighted by molar-refractivity contribution is 5.93. The van der Waals surface area contributed by atoms with Crippen molar-refractivity contribution in [3.63, 3.8) is 0 Å². The number of nitrogens with zero attached hydrogens (tertiary/aromatic N) is 1. The van der Waals surface area contributed by atoms with Crippen molar-refractivity contribution in [3.05, 3.63) is 52.2 Å². The summed E-state index contributed by atoms with van der Waals surface area (Å²) >= 11 is 0. The number of carbonyl (C=O) groups excluding carboxylic acids is 1. The summed E-state index contributed by atoms with van der Waals surface area (Å²) in [6.45, 7) is 10.6. The van der Waals surface area contributed by atoms with Gasteiger partial charge in [-0.15, -0.1) is 0 Å². The lowest BCUT2D eigenvalue weighted by molar-refractivity contribution is 0.0523. The third-order valence-corrected chi connectivity index (χ3v) is 4.54. The van der Waals surface area contributed by atoms with Crippen LogP contribution in [0.2, 0.25) is 0 Å². The molecule has 0 spiro atoms. The van der Waals surface area contributed by atoms with Gasteiger partial charge in [0.15, 0.2) is 0 Å². The minimum Gasteiger partial charge on any atom is -0.462 e. The maximum Gasteiger partial charge on any atom is 0.340 e. The molecule has 1 aromatic carbocycles. The molecule has 3 heteroatoms. The number of pyridine rings is 1. The summed E-state index contributed by atoms with van der Waals surface area (Å²) in [5.74, 6) is -0.262. The molecule has 134 valence electrons. The van der Waals surface area contributed by atoms with Crippen molar-refractivity contribution in [2.24, 2.45) is 0 Å². The quantitative estimate of drug-likeness (QED) is 0.642. The second kappa shape index (κ2) is 8.80. The van der Waals surface area contributed by atoms with Crippen molar-refractivity contribution < 1.29 is 9.53 Å². The van der Waals surface area contributed by atoms with Crippen LogP contribution in [0.15, 0.2) is 24.3 Å². The first-order valence-corrected chi connectivity index (χ1v) is 9.35. The van der Waals surface area contributed by atoms with E-state index in [1.807, 2.05) is 13.8 Å². The van der Waals surface area contributed by atoms with E-state index in [-0.39, 0.29) is 5.97 Å². The number of benzene rings is 1. The van der Waals surface area contributed by atoms with Crippen LogP contribution in [0.25, 0.3) is 11.3 Å². The van der Waals surface area contributed by atoms with Crippen molar-refractivity contribution in [1.82, 2.24) is 4.98 Å². The van der Waals surface area contributed by atoms with E-state index in [1.165, 1.54) is 16.7 Å². The molecular weight excluding hydrogens is 310 g/mol. The highest BCUT2D eigenvalue weighted by atomic mass is 16.5. The van der Waals surface area contributed by atoms with Gasteiger partial charge in [-0.1, -0.05) is 45.4 Å². The molecule has 0 N–H and O–H groups in total. The molecule has 3 nitrogen and oxygen atoms in total. The topological polar surface area (TPSA) is 39.2 Å². The van der Waals surface area contributed by atoms with Gasteiger partial charge in [0.2, 0.25) is 0 Å². The Morgan fingerprint density at radius 3 is 2.20 bits per heavy atom. The van der Waals surface area contributed by atoms with Crippen molar-refractivity contribution in [3.8, 4) is 11.3 Å². The second-order valence-electron chi connectivity index (χ2n) is 6.26. The van der Waals surface area contributed by atoms with E-state index in [9.17, 15) is 4.79 Å². The minimum atomic E-state index is -0.262. The molecule has 0 saturated carbocycles. The lowest BCUT2D eigenvalue weighted by Crippen LogP contribution is -2.12. The SMILES string of the molecule is CCCc1cc(-c2c(CC)cccc2CC)nc(C)c1C(=O)OCC. The van der Waals surface area contributed by atoms with E-state index in [0.29, 0.717) is 12.2 Å². The molecule has 0 aliphatic heterocycles. The Bertz CT molecular complexity index is 728. The summed E-state index contributed by atoms with van der Waals surface area (Å²) in [6, 6.07) is 8.55. The summed E-state index contributed by atoms with van der Waals surface area (Å²) in [4.78, 5) is 17.2. The van der Waals surface area contributed by atoms with Gasteiger partial charge in [0, 0.05) is 5.56 Å². The number of aromatic nitrogens is 1. The number of carbonyl (C=O) groups is 1. The van der Waals surface area contributed by atoms with Crippen LogP contribution in [-0.4, -0.2) is 17.6 Å². The largest absolute Gasteiger partial charge is 0.462 e. The fraction of sp³-hybridized carbons (Fsp3) is 0.455. The second-order valence-corrected chi connectivity index (χ2v) is 6.26. The summed E-state index contributed by atoms with van der Waals surface area (Å²) in [6.07, 6.45) is 3.75. The van der Waals surface area contributed by atoms with Crippen LogP contribution in [0.3, 0.4) is 0 Å². The van der Waals surface area contributed by atoms with Gasteiger partial charge in [-0.3, -0.25) is 4.98 Å². The number of rotatable bonds is 7. The van der Waals surface area contributed by atoms with Gasteiger partial charge < -0.3 is 4.74 Å². The van der Waals surface area contributed by atoms with Gasteiger partial charge in [-0.2, -0.15) is 0 Å². The predicted octanol–water partition coefficient (Wildman–Crippen LogP) is 5.31. The predicted molar refractivity (Wildman–Crippen MR) is 103 cm³/mol. The van der Waals surface area contributed by atoms with Crippen molar-refractivity contribution in [2.75, 3.05) is 6.61 Å². The first-order chi connectivity index (χ1) is 12.1. The Morgan fingerprint density at radius 1 is 1.04 bits per heavy atom. The molecule has 25 heavy (non-hydrogen) atoms. The minimum absolute atomic E-state index is 0.262. The van der Waals surface area contributed by atoms with Gasteiger partial charge in [0.1, 0.15) is 0 Å². The Kier molecular flexibility index (Phi) is 6.74. The van der Waals surface area contributed by atoms with Crippen molar-refractivity contribution >= 4 is 5.97 Å². The maximum atomic E-state index is 12.4. The van der Waals surface area contributed by atoms with Gasteiger partial charge in [-0.25, -0.2) is 4.79 Å². The summed E-state index contributed by atoms with van der Waals surface area (Å²) in [5, 5.41) is 0. The van der Waals surface area contributed by atoms with E-state index < -0.39 is 0 Å². The Morgan fingerprint density at radius 2 is 1.68 bits per heavy atom. The van der Waals surface area contributed by atoms with Crippen LogP contribution in [0, 0.1) is 6.92 Å². The summed E-state index contributed by atoms with van der Waals surface area (Å²) < 4.78 is 5.25. The molecule has 0 bridgehead atoms. The molecule has 1 aromatic heterocycles. The average Bonchev–Trinajstić information content (AvgIpc) is 2.60. The number of hydrogen-bond acceptors (Lipinski definition) is 3. The Labute approximate surface area is 151 Å². The molecule has 0 saturated heterocycles. The highest BCUT2D eigenvalue weighted by Gasteiger charge is 2.20. The van der Waals surface area contributed by atoms with E-state index in [4.69, 9.17) is 9.72 Å². The zero-order chi connectivity index (χ0) is 18.4. The first kappa shape index (κ1) is 19.2. The van der Waals surface area contributed by atoms with E-state index in [1.54, 1.807) is 0 Å². The lowest BCUT2D eigenvalue weighted by atomic mass is 9.92. The first-order valence-electron chi connectivity index (χ1n) is 9.35. The molecule has 2 rings (SSSR count). The molecule has 2 aromatic rings. The van der Waals surface area contributed by atoms with Gasteiger partial charge in [-0.05, 0) is 55.9 Å². The van der Waals surface area contributed by atoms with Gasteiger partial charge in [0.25, 0.3) is 0 Å².